The van der Waals surface area contributed by atoms with Crippen molar-refractivity contribution >= 4 is 5.91 Å². The molecule has 0 radical (unpaired) electrons. The fourth-order valence-electron chi connectivity index (χ4n) is 2.07. The molecule has 106 valence electrons. The van der Waals surface area contributed by atoms with Crippen LogP contribution in [0.15, 0.2) is 0 Å². The molecule has 7 heteroatoms. The van der Waals surface area contributed by atoms with Crippen LogP contribution in [0.3, 0.4) is 0 Å². The minimum absolute atomic E-state index is 0.00731. The molecule has 0 saturated carbocycles. The lowest BCUT2D eigenvalue weighted by Crippen LogP contribution is -2.52. The van der Waals surface area contributed by atoms with Crippen molar-refractivity contribution in [1.29, 1.82) is 0 Å². The van der Waals surface area contributed by atoms with Gasteiger partial charge in [0.15, 0.2) is 0 Å². The monoisotopic (exact) mass is 267 g/mol. The zero-order valence-electron chi connectivity index (χ0n) is 10.5. The highest BCUT2D eigenvalue weighted by atomic mass is 19.4. The largest absolute Gasteiger partial charge is 0.401 e. The Morgan fingerprint density at radius 2 is 1.83 bits per heavy atom. The third kappa shape index (κ3) is 4.81. The van der Waals surface area contributed by atoms with Gasteiger partial charge in [-0.25, -0.2) is 0 Å². The number of carbonyl (C=O) groups is 1. The first-order valence-electron chi connectivity index (χ1n) is 6.11. The van der Waals surface area contributed by atoms with Crippen LogP contribution in [0.5, 0.6) is 0 Å². The Morgan fingerprint density at radius 3 is 2.28 bits per heavy atom. The van der Waals surface area contributed by atoms with Crippen LogP contribution in [0.25, 0.3) is 0 Å². The summed E-state index contributed by atoms with van der Waals surface area (Å²) in [5.41, 5.74) is 5.38. The molecule has 1 unspecified atom stereocenters. The minimum Gasteiger partial charge on any atom is -0.340 e. The van der Waals surface area contributed by atoms with Crippen LogP contribution in [0.4, 0.5) is 13.2 Å². The second-order valence-electron chi connectivity index (χ2n) is 4.70. The first kappa shape index (κ1) is 15.2. The van der Waals surface area contributed by atoms with Gasteiger partial charge in [0.25, 0.3) is 0 Å². The van der Waals surface area contributed by atoms with Crippen LogP contribution < -0.4 is 5.73 Å². The third-order valence-corrected chi connectivity index (χ3v) is 3.11. The molecule has 1 aliphatic heterocycles. The summed E-state index contributed by atoms with van der Waals surface area (Å²) >= 11 is 0. The quantitative estimate of drug-likeness (QED) is 0.815. The second-order valence-corrected chi connectivity index (χ2v) is 4.70. The summed E-state index contributed by atoms with van der Waals surface area (Å²) in [6.45, 7) is 2.64. The summed E-state index contributed by atoms with van der Waals surface area (Å²) in [5.74, 6) is -0.156. The van der Waals surface area contributed by atoms with E-state index in [1.54, 1.807) is 11.8 Å². The fraction of sp³-hybridized carbons (Fsp3) is 0.909. The normalized spacial score (nSPS) is 19.9. The standard InChI is InChI=1S/C11H20F3N3O/c1-9(2-3-15)10(18)17-6-4-16(5-7-17)8-11(12,13)14/h9H,2-8,15H2,1H3. The van der Waals surface area contributed by atoms with E-state index >= 15 is 0 Å². The number of hydrogen-bond acceptors (Lipinski definition) is 3. The Balaban J connectivity index is 2.37. The molecule has 1 fully saturated rings. The topological polar surface area (TPSA) is 49.6 Å². The molecular formula is C11H20F3N3O. The highest BCUT2D eigenvalue weighted by molar-refractivity contribution is 5.78. The van der Waals surface area contributed by atoms with Crippen molar-refractivity contribution in [2.75, 3.05) is 39.3 Å². The lowest BCUT2D eigenvalue weighted by atomic mass is 10.1. The molecule has 0 bridgehead atoms. The maximum atomic E-state index is 12.2. The summed E-state index contributed by atoms with van der Waals surface area (Å²) in [6, 6.07) is 0. The van der Waals surface area contributed by atoms with Crippen LogP contribution in [-0.2, 0) is 4.79 Å². The van der Waals surface area contributed by atoms with Gasteiger partial charge < -0.3 is 10.6 Å². The van der Waals surface area contributed by atoms with Gasteiger partial charge in [-0.2, -0.15) is 13.2 Å². The molecule has 1 aliphatic rings. The smallest absolute Gasteiger partial charge is 0.340 e. The second kappa shape index (κ2) is 6.38. The van der Waals surface area contributed by atoms with Gasteiger partial charge in [0.1, 0.15) is 0 Å². The first-order valence-corrected chi connectivity index (χ1v) is 6.11. The predicted molar refractivity (Wildman–Crippen MR) is 61.9 cm³/mol. The van der Waals surface area contributed by atoms with Gasteiger partial charge in [-0.15, -0.1) is 0 Å². The number of hydrogen-bond donors (Lipinski definition) is 1. The average molecular weight is 267 g/mol. The van der Waals surface area contributed by atoms with Crippen LogP contribution in [0.1, 0.15) is 13.3 Å². The van der Waals surface area contributed by atoms with Gasteiger partial charge in [-0.05, 0) is 13.0 Å². The molecule has 1 rings (SSSR count). The SMILES string of the molecule is CC(CCN)C(=O)N1CCN(CC(F)(F)F)CC1. The van der Waals surface area contributed by atoms with E-state index in [1.165, 1.54) is 4.90 Å². The molecule has 1 saturated heterocycles. The van der Waals surface area contributed by atoms with E-state index in [0.29, 0.717) is 26.1 Å². The van der Waals surface area contributed by atoms with Crippen molar-refractivity contribution in [1.82, 2.24) is 9.80 Å². The molecule has 2 N–H and O–H groups in total. The molecule has 1 atom stereocenters. The number of alkyl halides is 3. The van der Waals surface area contributed by atoms with Gasteiger partial charge in [0, 0.05) is 32.1 Å². The number of halogens is 3. The van der Waals surface area contributed by atoms with E-state index in [2.05, 4.69) is 0 Å². The van der Waals surface area contributed by atoms with Crippen molar-refractivity contribution in [3.05, 3.63) is 0 Å². The zero-order valence-corrected chi connectivity index (χ0v) is 10.5. The maximum absolute atomic E-state index is 12.2. The summed E-state index contributed by atoms with van der Waals surface area (Å²) in [5, 5.41) is 0. The third-order valence-electron chi connectivity index (χ3n) is 3.11. The lowest BCUT2D eigenvalue weighted by Gasteiger charge is -2.36. The Hall–Kier alpha value is -0.820. The van der Waals surface area contributed by atoms with E-state index in [1.807, 2.05) is 0 Å². The molecule has 0 aromatic heterocycles. The molecule has 18 heavy (non-hydrogen) atoms. The van der Waals surface area contributed by atoms with Crippen molar-refractivity contribution < 1.29 is 18.0 Å². The van der Waals surface area contributed by atoms with Crippen LogP contribution in [0, 0.1) is 5.92 Å². The number of rotatable bonds is 4. The van der Waals surface area contributed by atoms with E-state index in [4.69, 9.17) is 5.73 Å². The average Bonchev–Trinajstić information content (AvgIpc) is 2.27. The van der Waals surface area contributed by atoms with Crippen LogP contribution in [-0.4, -0.2) is 61.2 Å². The Labute approximate surface area is 105 Å². The molecule has 0 spiro atoms. The van der Waals surface area contributed by atoms with E-state index < -0.39 is 12.7 Å². The lowest BCUT2D eigenvalue weighted by molar-refractivity contribution is -0.152. The Morgan fingerprint density at radius 1 is 1.28 bits per heavy atom. The number of nitrogens with zero attached hydrogens (tertiary/aromatic N) is 2. The van der Waals surface area contributed by atoms with Crippen molar-refractivity contribution in [2.45, 2.75) is 19.5 Å². The van der Waals surface area contributed by atoms with E-state index in [-0.39, 0.29) is 24.9 Å². The van der Waals surface area contributed by atoms with Gasteiger partial charge >= 0.3 is 6.18 Å². The van der Waals surface area contributed by atoms with Crippen molar-refractivity contribution in [3.8, 4) is 0 Å². The number of nitrogens with two attached hydrogens (primary N) is 1. The molecule has 1 amide bonds. The number of carbonyl (C=O) groups excluding carboxylic acids is 1. The maximum Gasteiger partial charge on any atom is 0.401 e. The summed E-state index contributed by atoms with van der Waals surface area (Å²) in [4.78, 5) is 14.9. The Kier molecular flexibility index (Phi) is 5.40. The number of piperazine rings is 1. The Bertz CT molecular complexity index is 275. The molecule has 0 aromatic carbocycles. The molecule has 0 aromatic rings. The molecule has 1 heterocycles. The van der Waals surface area contributed by atoms with Gasteiger partial charge in [0.2, 0.25) is 5.91 Å². The summed E-state index contributed by atoms with van der Waals surface area (Å²) in [6.07, 6.45) is -3.55. The molecule has 4 nitrogen and oxygen atoms in total. The summed E-state index contributed by atoms with van der Waals surface area (Å²) < 4.78 is 36.6. The van der Waals surface area contributed by atoms with E-state index in [9.17, 15) is 18.0 Å². The van der Waals surface area contributed by atoms with Gasteiger partial charge in [-0.3, -0.25) is 9.69 Å². The highest BCUT2D eigenvalue weighted by Gasteiger charge is 2.33. The molecule has 0 aliphatic carbocycles. The molecular weight excluding hydrogens is 247 g/mol. The van der Waals surface area contributed by atoms with Gasteiger partial charge in [-0.1, -0.05) is 6.92 Å². The predicted octanol–water partition coefficient (Wildman–Crippen LogP) is 0.678. The highest BCUT2D eigenvalue weighted by Crippen LogP contribution is 2.18. The minimum atomic E-state index is -4.17. The van der Waals surface area contributed by atoms with Crippen LogP contribution >= 0.6 is 0 Å². The summed E-state index contributed by atoms with van der Waals surface area (Å²) in [7, 11) is 0. The van der Waals surface area contributed by atoms with Crippen molar-refractivity contribution in [2.24, 2.45) is 11.7 Å². The first-order chi connectivity index (χ1) is 8.33. The van der Waals surface area contributed by atoms with E-state index in [0.717, 1.165) is 0 Å². The zero-order chi connectivity index (χ0) is 13.8. The fourth-order valence-corrected chi connectivity index (χ4v) is 2.07. The number of amides is 1. The van der Waals surface area contributed by atoms with Crippen molar-refractivity contribution in [3.63, 3.8) is 0 Å². The van der Waals surface area contributed by atoms with Gasteiger partial charge in [0.05, 0.1) is 6.54 Å². The van der Waals surface area contributed by atoms with Crippen LogP contribution in [0.2, 0.25) is 0 Å².